The number of aldehydes is 1. The third-order valence-corrected chi connectivity index (χ3v) is 3.19. The van der Waals surface area contributed by atoms with Crippen LogP contribution in [0.5, 0.6) is 11.5 Å². The maximum absolute atomic E-state index is 10.9. The molecule has 5 heteroatoms. The second-order valence-electron chi connectivity index (χ2n) is 4.77. The van der Waals surface area contributed by atoms with Crippen molar-refractivity contribution in [3.8, 4) is 11.5 Å². The average molecular weight is 300 g/mol. The van der Waals surface area contributed by atoms with Crippen molar-refractivity contribution in [3.05, 3.63) is 21.7 Å². The van der Waals surface area contributed by atoms with Crippen molar-refractivity contribution in [2.45, 2.75) is 25.8 Å². The quantitative estimate of drug-likeness (QED) is 0.870. The lowest BCUT2D eigenvalue weighted by atomic mass is 9.94. The SMILES string of the molecule is CC(C)(N)Cc1c(Br)cc(C=O)c2c1OCO2. The molecule has 17 heavy (non-hydrogen) atoms. The maximum atomic E-state index is 10.9. The number of fused-ring (bicyclic) bond motifs is 1. The van der Waals surface area contributed by atoms with Gasteiger partial charge in [0.05, 0.1) is 5.56 Å². The van der Waals surface area contributed by atoms with E-state index in [1.54, 1.807) is 6.07 Å². The summed E-state index contributed by atoms with van der Waals surface area (Å²) in [6.07, 6.45) is 1.40. The highest BCUT2D eigenvalue weighted by molar-refractivity contribution is 9.10. The first-order chi connectivity index (χ1) is 7.92. The maximum Gasteiger partial charge on any atom is 0.231 e. The van der Waals surface area contributed by atoms with Crippen molar-refractivity contribution < 1.29 is 14.3 Å². The van der Waals surface area contributed by atoms with E-state index in [0.717, 1.165) is 16.3 Å². The lowest BCUT2D eigenvalue weighted by molar-refractivity contribution is 0.111. The molecule has 2 N–H and O–H groups in total. The van der Waals surface area contributed by atoms with Crippen molar-refractivity contribution >= 4 is 22.2 Å². The van der Waals surface area contributed by atoms with Gasteiger partial charge in [0, 0.05) is 15.6 Å². The molecule has 0 atom stereocenters. The molecule has 4 nitrogen and oxygen atoms in total. The van der Waals surface area contributed by atoms with Gasteiger partial charge in [-0.2, -0.15) is 0 Å². The van der Waals surface area contributed by atoms with Gasteiger partial charge in [-0.25, -0.2) is 0 Å². The fraction of sp³-hybridized carbons (Fsp3) is 0.417. The van der Waals surface area contributed by atoms with E-state index in [-0.39, 0.29) is 12.3 Å². The van der Waals surface area contributed by atoms with Crippen molar-refractivity contribution in [2.24, 2.45) is 5.73 Å². The van der Waals surface area contributed by atoms with Gasteiger partial charge in [-0.05, 0) is 26.3 Å². The van der Waals surface area contributed by atoms with Crippen LogP contribution in [-0.2, 0) is 6.42 Å². The first-order valence-electron chi connectivity index (χ1n) is 5.27. The van der Waals surface area contributed by atoms with E-state index in [2.05, 4.69) is 15.9 Å². The zero-order valence-electron chi connectivity index (χ0n) is 9.75. The van der Waals surface area contributed by atoms with E-state index in [4.69, 9.17) is 15.2 Å². The third-order valence-electron chi connectivity index (χ3n) is 2.48. The van der Waals surface area contributed by atoms with E-state index >= 15 is 0 Å². The molecule has 0 aliphatic carbocycles. The molecule has 1 aromatic carbocycles. The normalized spacial score (nSPS) is 13.9. The van der Waals surface area contributed by atoms with Crippen LogP contribution in [0, 0.1) is 0 Å². The van der Waals surface area contributed by atoms with Crippen LogP contribution >= 0.6 is 15.9 Å². The first-order valence-corrected chi connectivity index (χ1v) is 6.07. The fourth-order valence-corrected chi connectivity index (χ4v) is 2.39. The second kappa shape index (κ2) is 4.31. The Labute approximate surface area is 108 Å². The highest BCUT2D eigenvalue weighted by Gasteiger charge is 2.27. The molecule has 2 rings (SSSR count). The Morgan fingerprint density at radius 1 is 1.47 bits per heavy atom. The molecule has 0 aromatic heterocycles. The van der Waals surface area contributed by atoms with E-state index in [9.17, 15) is 4.79 Å². The van der Waals surface area contributed by atoms with Crippen LogP contribution in [0.25, 0.3) is 0 Å². The second-order valence-corrected chi connectivity index (χ2v) is 5.63. The molecular formula is C12H14BrNO3. The molecule has 1 aliphatic heterocycles. The van der Waals surface area contributed by atoms with Gasteiger partial charge in [0.1, 0.15) is 0 Å². The third kappa shape index (κ3) is 2.45. The lowest BCUT2D eigenvalue weighted by Crippen LogP contribution is -2.34. The summed E-state index contributed by atoms with van der Waals surface area (Å²) in [7, 11) is 0. The van der Waals surface area contributed by atoms with Gasteiger partial charge in [0.2, 0.25) is 6.79 Å². The zero-order chi connectivity index (χ0) is 12.6. The number of rotatable bonds is 3. The number of hydrogen-bond acceptors (Lipinski definition) is 4. The molecule has 0 bridgehead atoms. The highest BCUT2D eigenvalue weighted by Crippen LogP contribution is 2.43. The molecule has 1 aliphatic rings. The minimum absolute atomic E-state index is 0.143. The summed E-state index contributed by atoms with van der Waals surface area (Å²) < 4.78 is 11.6. The molecular weight excluding hydrogens is 286 g/mol. The summed E-state index contributed by atoms with van der Waals surface area (Å²) in [5.41, 5.74) is 7.09. The number of halogens is 1. The van der Waals surface area contributed by atoms with Gasteiger partial charge in [0.25, 0.3) is 0 Å². The van der Waals surface area contributed by atoms with Gasteiger partial charge in [0.15, 0.2) is 17.8 Å². The Bertz CT molecular complexity index is 466. The molecule has 1 heterocycles. The van der Waals surface area contributed by atoms with Crippen molar-refractivity contribution in [1.82, 2.24) is 0 Å². The molecule has 1 aromatic rings. The summed E-state index contributed by atoms with van der Waals surface area (Å²) in [6, 6.07) is 1.74. The average Bonchev–Trinajstić information content (AvgIpc) is 2.69. The molecule has 0 radical (unpaired) electrons. The van der Waals surface area contributed by atoms with Gasteiger partial charge in [-0.1, -0.05) is 15.9 Å². The van der Waals surface area contributed by atoms with Gasteiger partial charge in [-0.3, -0.25) is 4.79 Å². The smallest absolute Gasteiger partial charge is 0.231 e. The Morgan fingerprint density at radius 2 is 2.12 bits per heavy atom. The molecule has 0 amide bonds. The molecule has 0 saturated heterocycles. The number of benzene rings is 1. The fourth-order valence-electron chi connectivity index (χ4n) is 1.82. The Hall–Kier alpha value is -1.07. The Balaban J connectivity index is 2.53. The van der Waals surface area contributed by atoms with Gasteiger partial charge in [-0.15, -0.1) is 0 Å². The number of nitrogens with two attached hydrogens (primary N) is 1. The van der Waals surface area contributed by atoms with Crippen LogP contribution in [0.1, 0.15) is 29.8 Å². The van der Waals surface area contributed by atoms with Crippen LogP contribution in [0.3, 0.4) is 0 Å². The van der Waals surface area contributed by atoms with Crippen molar-refractivity contribution in [3.63, 3.8) is 0 Å². The summed E-state index contributed by atoms with van der Waals surface area (Å²) in [6.45, 7) is 4.02. The van der Waals surface area contributed by atoms with Crippen LogP contribution in [0.4, 0.5) is 0 Å². The van der Waals surface area contributed by atoms with E-state index in [0.29, 0.717) is 23.5 Å². The zero-order valence-corrected chi connectivity index (χ0v) is 11.3. The minimum atomic E-state index is -0.356. The van der Waals surface area contributed by atoms with E-state index < -0.39 is 0 Å². The number of ether oxygens (including phenoxy) is 2. The monoisotopic (exact) mass is 299 g/mol. The molecule has 0 saturated carbocycles. The largest absolute Gasteiger partial charge is 0.453 e. The molecule has 0 fully saturated rings. The summed E-state index contributed by atoms with van der Waals surface area (Å²) in [5.74, 6) is 1.14. The number of carbonyl (C=O) groups is 1. The Kier molecular flexibility index (Phi) is 3.14. The van der Waals surface area contributed by atoms with Crippen molar-refractivity contribution in [1.29, 1.82) is 0 Å². The van der Waals surface area contributed by atoms with Crippen molar-refractivity contribution in [2.75, 3.05) is 6.79 Å². The molecule has 0 unspecified atom stereocenters. The van der Waals surface area contributed by atoms with Crippen LogP contribution in [0.15, 0.2) is 10.5 Å². The van der Waals surface area contributed by atoms with Gasteiger partial charge >= 0.3 is 0 Å². The summed E-state index contributed by atoms with van der Waals surface area (Å²) in [4.78, 5) is 10.9. The van der Waals surface area contributed by atoms with E-state index in [1.807, 2.05) is 13.8 Å². The first kappa shape index (κ1) is 12.4. The minimum Gasteiger partial charge on any atom is -0.453 e. The van der Waals surface area contributed by atoms with Gasteiger partial charge < -0.3 is 15.2 Å². The Morgan fingerprint density at radius 3 is 2.71 bits per heavy atom. The highest BCUT2D eigenvalue weighted by atomic mass is 79.9. The van der Waals surface area contributed by atoms with Crippen LogP contribution in [0.2, 0.25) is 0 Å². The predicted molar refractivity (Wildman–Crippen MR) is 67.6 cm³/mol. The topological polar surface area (TPSA) is 61.6 Å². The lowest BCUT2D eigenvalue weighted by Gasteiger charge is -2.20. The van der Waals surface area contributed by atoms with Crippen LogP contribution in [-0.4, -0.2) is 18.6 Å². The summed E-state index contributed by atoms with van der Waals surface area (Å²) in [5, 5.41) is 0. The number of hydrogen-bond donors (Lipinski definition) is 1. The standard InChI is InChI=1S/C12H14BrNO3/c1-12(2,14)4-8-9(13)3-7(5-15)10-11(8)17-6-16-10/h3,5H,4,6,14H2,1-2H3. The molecule has 0 spiro atoms. The number of carbonyl (C=O) groups excluding carboxylic acids is 1. The van der Waals surface area contributed by atoms with E-state index in [1.165, 1.54) is 0 Å². The molecule has 92 valence electrons. The van der Waals surface area contributed by atoms with Crippen LogP contribution < -0.4 is 15.2 Å². The predicted octanol–water partition coefficient (Wildman–Crippen LogP) is 2.27. The summed E-state index contributed by atoms with van der Waals surface area (Å²) >= 11 is 3.44.